The summed E-state index contributed by atoms with van der Waals surface area (Å²) in [6, 6.07) is 7.15. The second kappa shape index (κ2) is 44.5. The number of carboxylic acids is 4. The summed E-state index contributed by atoms with van der Waals surface area (Å²) in [6.07, 6.45) is 2.85. The highest BCUT2D eigenvalue weighted by atomic mass is 35.5. The number of rotatable bonds is 25. The Kier molecular flexibility index (Phi) is 33.2. The first-order valence-electron chi connectivity index (χ1n) is 44.0. The molecule has 144 heavy (non-hydrogen) atoms. The molecule has 12 heterocycles. The highest BCUT2D eigenvalue weighted by Gasteiger charge is 2.53. The molecule has 5 fully saturated rings. The van der Waals surface area contributed by atoms with Gasteiger partial charge in [-0.2, -0.15) is 0 Å². The number of imidazole rings is 1. The molecule has 0 bridgehead atoms. The van der Waals surface area contributed by atoms with E-state index in [1.165, 1.54) is 83.6 Å². The van der Waals surface area contributed by atoms with E-state index in [9.17, 15) is 103 Å². The van der Waals surface area contributed by atoms with Gasteiger partial charge < -0.3 is 69.9 Å². The first kappa shape index (κ1) is 108. The SMILES string of the molecule is COC(=O)C1=C(CN2CC(F)(F)C[C@H]2C(=O)O)NC(c2cc(C)cs2)=N[C@H]1c1ccc(F)cc1Cl.COC(=O)C1=C(CN2CC(F)(F)C[C@H]2C(=O)O)NC(c2nc(C(C)(C)C)cs2)=N[C@H]1c1ccc(F)cc1Cl.COC(=O)C1=C(CN2CC(F)(F)C[C@H]2C(=O)O)NC(c2nc(C3CC3)cs2)=N[C@H]1c1ccc(F)cc1Cl.COC(=O)C1=C(CN2CCOC[C@H]2C(=O)O)NC(c2nccn2C)=NC1c1ccc(F)cc1Cl. The fourth-order valence-corrected chi connectivity index (χ4v) is 20.9. The van der Waals surface area contributed by atoms with Crippen LogP contribution in [0.15, 0.2) is 172 Å². The van der Waals surface area contributed by atoms with E-state index in [-0.39, 0.29) is 115 Å². The van der Waals surface area contributed by atoms with Crippen molar-refractivity contribution < 1.29 is 126 Å². The third kappa shape index (κ3) is 24.8. The molecule has 0 spiro atoms. The maximum atomic E-state index is 14.3. The molecule has 766 valence electrons. The zero-order valence-electron chi connectivity index (χ0n) is 77.7. The topological polar surface area (TPSA) is 418 Å². The number of nitrogens with one attached hydrogen (secondary N) is 4. The van der Waals surface area contributed by atoms with Crippen LogP contribution in [-0.4, -0.2) is 267 Å². The number of esters is 4. The number of hydrogen-bond donors (Lipinski definition) is 8. The minimum Gasteiger partial charge on any atom is -0.480 e. The summed E-state index contributed by atoms with van der Waals surface area (Å²) in [5.74, 6) is -18.2. The van der Waals surface area contributed by atoms with E-state index in [0.717, 1.165) is 96.2 Å². The second-order valence-electron chi connectivity index (χ2n) is 35.6. The monoisotopic (exact) mass is 2140 g/mol. The van der Waals surface area contributed by atoms with Crippen LogP contribution in [0.25, 0.3) is 0 Å². The number of aryl methyl sites for hydroxylation is 2. The van der Waals surface area contributed by atoms with Crippen molar-refractivity contribution in [3.63, 3.8) is 0 Å². The first-order chi connectivity index (χ1) is 68.0. The van der Waals surface area contributed by atoms with Gasteiger partial charge in [-0.15, -0.1) is 34.0 Å². The standard InChI is InChI=1S/C25H26ClF3N4O4S.C24H22ClF3N4O4S.C23H21ClF3N3O4S.C22H23ClFN5O5/c1-24(2,3)17-10-38-21(31-17)20-30-15(9-33-11-25(28,29)8-16(33)22(34)35)18(23(36)37-4)19(32-20)13-6-5-12(27)7-14(13)26;1-36-23(35)18-15(8-32-10-24(27,28)7-17(32)22(33)34)29-20(21-30-16(9-37-21)11-2-3-11)31-19(18)13-5-4-12(26)6-14(13)25;1-11-5-17(35-9-11)20-28-15(8-30-10-23(26,27)7-16(30)21(31)32)18(22(33)34-2)19(29-20)13-4-3-12(25)6-14(13)24;1-28-6-5-25-20(28)19-26-15(10-29-7-8-34-11-16(29)21(30)31)17(22(32)33-2)18(27-19)13-4-3-12(24)9-14(13)23/h5-7,10,16,19H,8-9,11H2,1-4H3,(H,30,32)(H,34,35);4-6,9,11,17,19H,2-3,7-8,10H2,1H3,(H,29,31)(H,33,34);3-6,9,16,19H,7-8,10H2,1-2H3,(H,28,29)(H,31,32);3-6,9,16,18H,7-8,10-11H2,1-2H3,(H,26,27)(H,30,31)/t16-,19-;17-,19-;16-,19-;16-,18?/m0000/s1. The maximum absolute atomic E-state index is 14.3. The molecule has 9 aliphatic rings. The third-order valence-electron chi connectivity index (χ3n) is 24.3. The van der Waals surface area contributed by atoms with E-state index in [1.54, 1.807) is 28.9 Å². The molecule has 1 saturated carbocycles. The van der Waals surface area contributed by atoms with Crippen LogP contribution in [0.4, 0.5) is 43.9 Å². The van der Waals surface area contributed by atoms with Gasteiger partial charge in [0.05, 0.1) is 99.8 Å². The van der Waals surface area contributed by atoms with E-state index in [2.05, 4.69) is 51.2 Å². The van der Waals surface area contributed by atoms with Gasteiger partial charge in [-0.1, -0.05) is 91.4 Å². The number of thiophene rings is 1. The molecular formula is C94H92Cl4F10N16O17S3. The molecule has 33 nitrogen and oxygen atoms in total. The Hall–Kier alpha value is -12.1. The van der Waals surface area contributed by atoms with Crippen molar-refractivity contribution in [2.75, 3.05) is 94.0 Å². The lowest BCUT2D eigenvalue weighted by Crippen LogP contribution is -2.52. The smallest absolute Gasteiger partial charge is 0.338 e. The number of nitrogens with zero attached hydrogens (tertiary/aromatic N) is 12. The summed E-state index contributed by atoms with van der Waals surface area (Å²) < 4.78 is 167. The lowest BCUT2D eigenvalue weighted by atomic mass is 9.93. The van der Waals surface area contributed by atoms with Gasteiger partial charge in [0.15, 0.2) is 33.3 Å². The van der Waals surface area contributed by atoms with Gasteiger partial charge in [0, 0.05) is 159 Å². The molecule has 4 saturated heterocycles. The number of carboxylic acid groups (broad SMARTS) is 4. The van der Waals surface area contributed by atoms with E-state index < -0.39 is 176 Å². The summed E-state index contributed by atoms with van der Waals surface area (Å²) in [7, 11) is 6.48. The molecule has 0 amide bonds. The highest BCUT2D eigenvalue weighted by molar-refractivity contribution is 7.12. The number of likely N-dealkylation sites (tertiary alicyclic amines) is 3. The zero-order valence-corrected chi connectivity index (χ0v) is 83.1. The van der Waals surface area contributed by atoms with Crippen LogP contribution in [0.5, 0.6) is 0 Å². The normalized spacial score (nSPS) is 22.1. The van der Waals surface area contributed by atoms with Gasteiger partial charge in [0.2, 0.25) is 0 Å². The van der Waals surface area contributed by atoms with Crippen molar-refractivity contribution in [3.05, 3.63) is 256 Å². The Morgan fingerprint density at radius 1 is 0.472 bits per heavy atom. The van der Waals surface area contributed by atoms with Gasteiger partial charge >= 0.3 is 47.8 Å². The molecule has 4 aromatic carbocycles. The van der Waals surface area contributed by atoms with Gasteiger partial charge in [0.25, 0.3) is 17.8 Å². The highest BCUT2D eigenvalue weighted by Crippen LogP contribution is 2.47. The Bertz CT molecular complexity index is 6640. The average molecular weight is 2150 g/mol. The largest absolute Gasteiger partial charge is 0.480 e. The first-order valence-corrected chi connectivity index (χ1v) is 48.2. The number of aliphatic carboxylic acids is 4. The minimum atomic E-state index is -3.22. The fourth-order valence-electron chi connectivity index (χ4n) is 17.1. The van der Waals surface area contributed by atoms with Crippen LogP contribution in [0.1, 0.15) is 143 Å². The minimum absolute atomic E-state index is 0.00433. The Morgan fingerprint density at radius 2 is 0.819 bits per heavy atom. The number of alkyl halides is 6. The zero-order chi connectivity index (χ0) is 104. The van der Waals surface area contributed by atoms with E-state index in [0.29, 0.717) is 73.8 Å². The third-order valence-corrected chi connectivity index (χ3v) is 28.4. The Morgan fingerprint density at radius 3 is 1.15 bits per heavy atom. The number of carbonyl (C=O) groups is 8. The molecule has 8 N–H and O–H groups in total. The molecule has 8 aromatic rings. The van der Waals surface area contributed by atoms with Crippen LogP contribution in [0.3, 0.4) is 0 Å². The average Bonchev–Trinajstić information content (AvgIpc) is 0.934. The number of hydrogen-bond acceptors (Lipinski definition) is 31. The number of halogens is 14. The Labute approximate surface area is 847 Å². The van der Waals surface area contributed by atoms with Gasteiger partial charge in [0.1, 0.15) is 77.4 Å². The van der Waals surface area contributed by atoms with Crippen LogP contribution < -0.4 is 21.3 Å². The van der Waals surface area contributed by atoms with Gasteiger partial charge in [-0.3, -0.25) is 58.7 Å². The summed E-state index contributed by atoms with van der Waals surface area (Å²) in [5, 5.41) is 57.3. The van der Waals surface area contributed by atoms with Crippen LogP contribution >= 0.6 is 80.4 Å². The number of amidine groups is 4. The van der Waals surface area contributed by atoms with Crippen molar-refractivity contribution in [2.24, 2.45) is 27.0 Å². The predicted octanol–water partition coefficient (Wildman–Crippen LogP) is 14.3. The van der Waals surface area contributed by atoms with E-state index in [1.807, 2.05) is 49.9 Å². The molecular weight excluding hydrogens is 2050 g/mol. The van der Waals surface area contributed by atoms with E-state index >= 15 is 0 Å². The Balaban J connectivity index is 0.000000152. The molecule has 1 unspecified atom stereocenters. The summed E-state index contributed by atoms with van der Waals surface area (Å²) in [6.45, 7) is 5.23. The lowest BCUT2D eigenvalue weighted by Gasteiger charge is -2.35. The van der Waals surface area contributed by atoms with Crippen LogP contribution in [0, 0.1) is 30.2 Å². The van der Waals surface area contributed by atoms with Crippen LogP contribution in [-0.2, 0) is 74.5 Å². The van der Waals surface area contributed by atoms with Gasteiger partial charge in [-0.25, -0.2) is 78.0 Å². The molecule has 8 atom stereocenters. The van der Waals surface area contributed by atoms with Crippen molar-refractivity contribution in [1.29, 1.82) is 0 Å². The molecule has 17 rings (SSSR count). The molecule has 1 aliphatic carbocycles. The number of ether oxygens (including phenoxy) is 5. The second-order valence-corrected chi connectivity index (χ2v) is 39.8. The molecule has 4 aromatic heterocycles. The predicted molar refractivity (Wildman–Crippen MR) is 510 cm³/mol. The number of benzene rings is 4. The summed E-state index contributed by atoms with van der Waals surface area (Å²) in [5.41, 5.74) is 4.46. The number of methoxy groups -OCH3 is 4. The van der Waals surface area contributed by atoms with Crippen molar-refractivity contribution in [2.45, 2.75) is 137 Å². The lowest BCUT2D eigenvalue weighted by molar-refractivity contribution is -0.149. The number of carbonyl (C=O) groups excluding carboxylic acids is 4. The number of aromatic nitrogens is 4. The summed E-state index contributed by atoms with van der Waals surface area (Å²) >= 11 is 29.3. The molecule has 0 radical (unpaired) electrons. The van der Waals surface area contributed by atoms with E-state index in [4.69, 9.17) is 75.1 Å². The van der Waals surface area contributed by atoms with Crippen molar-refractivity contribution in [1.82, 2.24) is 60.4 Å². The molecule has 8 aliphatic heterocycles. The molecule has 50 heteroatoms. The number of morpholine rings is 1. The van der Waals surface area contributed by atoms with Crippen molar-refractivity contribution in [3.8, 4) is 0 Å². The van der Waals surface area contributed by atoms with Gasteiger partial charge in [-0.05, 0) is 85.3 Å². The van der Waals surface area contributed by atoms with Crippen LogP contribution in [0.2, 0.25) is 20.1 Å². The maximum Gasteiger partial charge on any atom is 0.338 e. The fraction of sp³-hybridized carbons (Fsp3) is 0.394. The van der Waals surface area contributed by atoms with Crippen molar-refractivity contribution >= 4 is 152 Å². The number of thiazole rings is 2. The summed E-state index contributed by atoms with van der Waals surface area (Å²) in [4.78, 5) is 137. The quantitative estimate of drug-likeness (QED) is 0.0150. The number of aliphatic imine (C=N–C) groups is 4.